The second kappa shape index (κ2) is 11.8. The van der Waals surface area contributed by atoms with Gasteiger partial charge in [0.1, 0.15) is 0 Å². The van der Waals surface area contributed by atoms with Crippen LogP contribution in [0.5, 0.6) is 0 Å². The van der Waals surface area contributed by atoms with Crippen LogP contribution >= 0.6 is 0 Å². The second-order valence-corrected chi connectivity index (χ2v) is 3.07. The average molecular weight is 192 g/mol. The summed E-state index contributed by atoms with van der Waals surface area (Å²) in [5.41, 5.74) is 7.53. The van der Waals surface area contributed by atoms with Gasteiger partial charge in [-0.25, -0.2) is 0 Å². The summed E-state index contributed by atoms with van der Waals surface area (Å²) in [6.07, 6.45) is 0. The van der Waals surface area contributed by atoms with Crippen LogP contribution in [0.2, 0.25) is 0 Å². The molecule has 0 atom stereocenters. The normalized spacial score (nSPS) is 10.6. The Bertz CT molecular complexity index is 78.6. The third-order valence-electron chi connectivity index (χ3n) is 1.76. The molecule has 0 aliphatic carbocycles. The zero-order valence-corrected chi connectivity index (χ0v) is 8.65. The summed E-state index contributed by atoms with van der Waals surface area (Å²) in [6.45, 7) is 8.52. The summed E-state index contributed by atoms with van der Waals surface area (Å²) in [5, 5.41) is 8.95. The molecule has 0 aromatic rings. The van der Waals surface area contributed by atoms with Crippen LogP contribution in [0.15, 0.2) is 0 Å². The quantitative estimate of drug-likeness (QED) is 0.225. The Hall–Kier alpha value is -0.200. The Labute approximate surface area is 80.6 Å². The van der Waals surface area contributed by atoms with Gasteiger partial charge in [-0.1, -0.05) is 0 Å². The Morgan fingerprint density at radius 2 is 1.23 bits per heavy atom. The minimum atomic E-state index is 0.977. The van der Waals surface area contributed by atoms with Crippen LogP contribution in [-0.4, -0.2) is 52.4 Å². The average Bonchev–Trinajstić information content (AvgIpc) is 2.16. The summed E-state index contributed by atoms with van der Waals surface area (Å²) in [6, 6.07) is 0. The van der Waals surface area contributed by atoms with Gasteiger partial charge < -0.3 is 27.4 Å². The van der Waals surface area contributed by atoms with E-state index >= 15 is 0 Å². The first-order valence-corrected chi connectivity index (χ1v) is 5.23. The molecule has 0 amide bonds. The summed E-state index contributed by atoms with van der Waals surface area (Å²) in [4.78, 5) is 0. The molecule has 0 spiro atoms. The lowest BCUT2D eigenvalue weighted by molar-refractivity contribution is -0.651. The predicted octanol–water partition coefficient (Wildman–Crippen LogP) is -4.79. The van der Waals surface area contributed by atoms with Crippen molar-refractivity contribution in [1.29, 1.82) is 0 Å². The maximum Gasteiger partial charge on any atom is 0.0882 e. The van der Waals surface area contributed by atoms with Gasteiger partial charge in [0.25, 0.3) is 0 Å². The highest BCUT2D eigenvalue weighted by molar-refractivity contribution is 4.42. The van der Waals surface area contributed by atoms with E-state index in [1.807, 2.05) is 0 Å². The molecule has 13 heavy (non-hydrogen) atoms. The molecule has 0 aromatic heterocycles. The van der Waals surface area contributed by atoms with E-state index in [9.17, 15) is 0 Å². The maximum atomic E-state index is 3.76. The van der Waals surface area contributed by atoms with Crippen molar-refractivity contribution in [3.05, 3.63) is 0 Å². The van der Waals surface area contributed by atoms with Crippen molar-refractivity contribution in [1.82, 2.24) is 10.6 Å². The molecule has 0 aliphatic heterocycles. The van der Waals surface area contributed by atoms with Gasteiger partial charge in [0.05, 0.1) is 26.2 Å². The largest absolute Gasteiger partial charge is 0.357 e. The summed E-state index contributed by atoms with van der Waals surface area (Å²) >= 11 is 0. The molecule has 0 fully saturated rings. The lowest BCUT2D eigenvalue weighted by atomic mass is 10.5. The molecule has 0 saturated carbocycles. The summed E-state index contributed by atoms with van der Waals surface area (Å²) < 4.78 is 0. The van der Waals surface area contributed by atoms with Gasteiger partial charge in [0.2, 0.25) is 0 Å². The number of nitrogens with one attached hydrogen (secondary N) is 2. The first-order valence-electron chi connectivity index (χ1n) is 5.23. The highest BCUT2D eigenvalue weighted by Gasteiger charge is 1.91. The Morgan fingerprint density at radius 3 is 1.62 bits per heavy atom. The molecule has 0 unspecified atom stereocenters. The molecule has 10 N–H and O–H groups in total. The number of nitrogens with two attached hydrogens (primary N) is 1. The van der Waals surface area contributed by atoms with Gasteiger partial charge in [-0.3, -0.25) is 0 Å². The van der Waals surface area contributed by atoms with Crippen LogP contribution in [-0.2, 0) is 0 Å². The van der Waals surface area contributed by atoms with E-state index in [4.69, 9.17) is 0 Å². The molecule has 5 heteroatoms. The van der Waals surface area contributed by atoms with E-state index in [2.05, 4.69) is 27.4 Å². The number of hydrogen-bond donors (Lipinski definition) is 5. The number of hydrogen-bond acceptors (Lipinski definition) is 2. The zero-order valence-electron chi connectivity index (χ0n) is 8.65. The van der Waals surface area contributed by atoms with E-state index in [0.717, 1.165) is 52.4 Å². The Kier molecular flexibility index (Phi) is 11.6. The molecule has 5 nitrogen and oxygen atoms in total. The fourth-order valence-corrected chi connectivity index (χ4v) is 1.05. The summed E-state index contributed by atoms with van der Waals surface area (Å²) in [5.74, 6) is 0. The van der Waals surface area contributed by atoms with Crippen molar-refractivity contribution in [3.8, 4) is 0 Å². The first kappa shape index (κ1) is 12.8. The van der Waals surface area contributed by atoms with Crippen molar-refractivity contribution < 1.29 is 16.8 Å². The molecular formula is C8H26N5+3. The molecule has 0 aliphatic rings. The molecule has 0 bridgehead atoms. The summed E-state index contributed by atoms with van der Waals surface area (Å²) in [7, 11) is 0. The van der Waals surface area contributed by atoms with Crippen molar-refractivity contribution in [2.45, 2.75) is 0 Å². The third kappa shape index (κ3) is 11.8. The van der Waals surface area contributed by atoms with Gasteiger partial charge >= 0.3 is 0 Å². The first-order chi connectivity index (χ1) is 6.41. The topological polar surface area (TPSA) is 96.0 Å². The third-order valence-corrected chi connectivity index (χ3v) is 1.76. The van der Waals surface area contributed by atoms with E-state index in [1.165, 1.54) is 0 Å². The van der Waals surface area contributed by atoms with E-state index < -0.39 is 0 Å². The van der Waals surface area contributed by atoms with Gasteiger partial charge in [-0.2, -0.15) is 0 Å². The second-order valence-electron chi connectivity index (χ2n) is 3.07. The van der Waals surface area contributed by atoms with Gasteiger partial charge in [0, 0.05) is 26.2 Å². The SMILES string of the molecule is [NH3+]CCNCC[NH2+]CCNCC[NH3+]. The minimum Gasteiger partial charge on any atom is -0.357 e. The monoisotopic (exact) mass is 192 g/mol. The maximum absolute atomic E-state index is 3.76. The molecule has 0 radical (unpaired) electrons. The highest BCUT2D eigenvalue weighted by atomic mass is 15.0. The predicted molar refractivity (Wildman–Crippen MR) is 52.9 cm³/mol. The van der Waals surface area contributed by atoms with Crippen molar-refractivity contribution in [3.63, 3.8) is 0 Å². The number of quaternary nitrogens is 3. The van der Waals surface area contributed by atoms with Gasteiger partial charge in [-0.15, -0.1) is 0 Å². The minimum absolute atomic E-state index is 0.977. The highest BCUT2D eigenvalue weighted by Crippen LogP contribution is 1.51. The van der Waals surface area contributed by atoms with Crippen molar-refractivity contribution in [2.24, 2.45) is 0 Å². The lowest BCUT2D eigenvalue weighted by Crippen LogP contribution is -2.87. The van der Waals surface area contributed by atoms with Crippen LogP contribution in [0.3, 0.4) is 0 Å². The fraction of sp³-hybridized carbons (Fsp3) is 1.00. The molecular weight excluding hydrogens is 166 g/mol. The Morgan fingerprint density at radius 1 is 0.769 bits per heavy atom. The Balaban J connectivity index is 2.76. The molecule has 0 rings (SSSR count). The van der Waals surface area contributed by atoms with Gasteiger partial charge in [0.15, 0.2) is 0 Å². The number of rotatable bonds is 10. The standard InChI is InChI=1S/C8H23N5/c9-1-3-11-5-7-13-8-6-12-4-2-10/h11-13H,1-10H2/p+3. The van der Waals surface area contributed by atoms with Crippen LogP contribution in [0.25, 0.3) is 0 Å². The molecule has 0 saturated heterocycles. The van der Waals surface area contributed by atoms with E-state index in [1.54, 1.807) is 0 Å². The van der Waals surface area contributed by atoms with E-state index in [-0.39, 0.29) is 0 Å². The molecule has 0 aromatic carbocycles. The zero-order chi connectivity index (χ0) is 9.78. The van der Waals surface area contributed by atoms with Crippen LogP contribution < -0.4 is 27.4 Å². The molecule has 80 valence electrons. The fourth-order valence-electron chi connectivity index (χ4n) is 1.05. The van der Waals surface area contributed by atoms with E-state index in [0.29, 0.717) is 0 Å². The smallest absolute Gasteiger partial charge is 0.0882 e. The van der Waals surface area contributed by atoms with Crippen LogP contribution in [0.1, 0.15) is 0 Å². The van der Waals surface area contributed by atoms with Crippen LogP contribution in [0.4, 0.5) is 0 Å². The van der Waals surface area contributed by atoms with Gasteiger partial charge in [-0.05, 0) is 0 Å². The van der Waals surface area contributed by atoms with Crippen molar-refractivity contribution >= 4 is 0 Å². The lowest BCUT2D eigenvalue weighted by Gasteiger charge is -2.02. The molecule has 0 heterocycles. The van der Waals surface area contributed by atoms with Crippen molar-refractivity contribution in [2.75, 3.05) is 52.4 Å². The van der Waals surface area contributed by atoms with Crippen LogP contribution in [0, 0.1) is 0 Å².